The van der Waals surface area contributed by atoms with Gasteiger partial charge in [0.15, 0.2) is 5.78 Å². The van der Waals surface area contributed by atoms with Crippen LogP contribution in [-0.2, 0) is 28.6 Å². The lowest BCUT2D eigenvalue weighted by Crippen LogP contribution is -2.11. The maximum atomic E-state index is 13.9. The van der Waals surface area contributed by atoms with Crippen LogP contribution in [0.4, 0.5) is 13.2 Å². The van der Waals surface area contributed by atoms with Crippen molar-refractivity contribution in [2.24, 2.45) is 5.92 Å². The predicted octanol–water partition coefficient (Wildman–Crippen LogP) is 6.47. The quantitative estimate of drug-likeness (QED) is 0.264. The van der Waals surface area contributed by atoms with Crippen molar-refractivity contribution in [3.8, 4) is 11.6 Å². The molecule has 1 N–H and O–H groups in total. The summed E-state index contributed by atoms with van der Waals surface area (Å²) in [7, 11) is -3.36. The highest BCUT2D eigenvalue weighted by atomic mass is 32.2. The number of aromatic nitrogens is 4. The number of halogens is 3. The van der Waals surface area contributed by atoms with Gasteiger partial charge in [-0.05, 0) is 31.4 Å². The van der Waals surface area contributed by atoms with Gasteiger partial charge in [-0.1, -0.05) is 41.0 Å². The van der Waals surface area contributed by atoms with E-state index in [4.69, 9.17) is 4.74 Å². The zero-order chi connectivity index (χ0) is 29.4. The van der Waals surface area contributed by atoms with Crippen molar-refractivity contribution < 1.29 is 31.1 Å². The van der Waals surface area contributed by atoms with Gasteiger partial charge < -0.3 is 9.72 Å². The molecule has 39 heavy (non-hydrogen) atoms. The first-order valence-electron chi connectivity index (χ1n) is 12.8. The summed E-state index contributed by atoms with van der Waals surface area (Å²) in [5.41, 5.74) is 1.34. The van der Waals surface area contributed by atoms with Crippen LogP contribution in [0.2, 0.25) is 0 Å². The molecular formula is C27H35F3N4O4S. The summed E-state index contributed by atoms with van der Waals surface area (Å²) in [4.78, 5) is 26.4. The highest BCUT2D eigenvalue weighted by Crippen LogP contribution is 2.33. The summed E-state index contributed by atoms with van der Waals surface area (Å²) in [6, 6.07) is 3.31. The molecule has 0 aliphatic carbocycles. The molecule has 12 heteroatoms. The second kappa shape index (κ2) is 13.7. The van der Waals surface area contributed by atoms with E-state index in [0.717, 1.165) is 42.7 Å². The Morgan fingerprint density at radius 3 is 2.36 bits per heavy atom. The molecule has 0 fully saturated rings. The van der Waals surface area contributed by atoms with Crippen LogP contribution in [0.15, 0.2) is 35.9 Å². The Hall–Kier alpha value is -3.28. The van der Waals surface area contributed by atoms with Crippen molar-refractivity contribution in [2.45, 2.75) is 78.3 Å². The van der Waals surface area contributed by atoms with Crippen LogP contribution in [-0.4, -0.2) is 39.9 Å². The van der Waals surface area contributed by atoms with Crippen LogP contribution in [0, 0.1) is 11.7 Å². The lowest BCUT2D eigenvalue weighted by Gasteiger charge is -2.14. The molecule has 2 heterocycles. The molecule has 0 saturated heterocycles. The number of sulfone groups is 1. The predicted molar refractivity (Wildman–Crippen MR) is 142 cm³/mol. The average molecular weight is 569 g/mol. The smallest absolute Gasteiger partial charge is 0.273 e. The van der Waals surface area contributed by atoms with E-state index in [-0.39, 0.29) is 34.1 Å². The van der Waals surface area contributed by atoms with Crippen molar-refractivity contribution in [3.05, 3.63) is 59.1 Å². The summed E-state index contributed by atoms with van der Waals surface area (Å²) in [5, 5.41) is -0.123. The van der Waals surface area contributed by atoms with E-state index < -0.39 is 27.1 Å². The number of nitrogens with one attached hydrogen (secondary N) is 1. The maximum absolute atomic E-state index is 13.9. The number of hydrogen-bond acceptors (Lipinski definition) is 7. The number of Topliss-reactive ketones (excluding diaryl/α,β-unsaturated/α-hetero) is 1. The summed E-state index contributed by atoms with van der Waals surface area (Å²) in [6.45, 7) is 9.90. The molecule has 1 unspecified atom stereocenters. The van der Waals surface area contributed by atoms with Crippen molar-refractivity contribution >= 4 is 15.6 Å². The minimum absolute atomic E-state index is 0.0303. The van der Waals surface area contributed by atoms with E-state index in [1.807, 2.05) is 20.8 Å². The van der Waals surface area contributed by atoms with E-state index in [0.29, 0.717) is 19.2 Å². The van der Waals surface area contributed by atoms with Crippen molar-refractivity contribution in [2.75, 3.05) is 5.75 Å². The molecule has 3 rings (SSSR count). The number of imidazole rings is 1. The van der Waals surface area contributed by atoms with Gasteiger partial charge in [-0.3, -0.25) is 4.79 Å². The fourth-order valence-electron chi connectivity index (χ4n) is 3.52. The summed E-state index contributed by atoms with van der Waals surface area (Å²) in [5.74, 6) is -4.03. The number of H-pyrrole nitrogens is 1. The maximum Gasteiger partial charge on any atom is 0.273 e. The molecule has 0 saturated carbocycles. The third kappa shape index (κ3) is 8.35. The van der Waals surface area contributed by atoms with Crippen LogP contribution in [0.5, 0.6) is 11.6 Å². The van der Waals surface area contributed by atoms with Gasteiger partial charge in [-0.15, -0.1) is 0 Å². The number of hydrogen-bond donors (Lipinski definition) is 1. The molecule has 0 radical (unpaired) electrons. The first-order chi connectivity index (χ1) is 18.3. The minimum Gasteiger partial charge on any atom is -0.439 e. The Morgan fingerprint density at radius 1 is 1.13 bits per heavy atom. The fourth-order valence-corrected chi connectivity index (χ4v) is 4.28. The number of carbonyl (C=O) groups is 1. The SMILES string of the molecule is CCC(C)C(=O)c1cnc(S(=O)(=O)CC)[nH]1.CCCc1c(CC)ncnc1Oc1ccc(C(C)(F)F)c(F)c1. The molecule has 0 aliphatic heterocycles. The Bertz CT molecular complexity index is 1370. The second-order valence-electron chi connectivity index (χ2n) is 9.02. The number of rotatable bonds is 11. The number of nitrogens with zero attached hydrogens (tertiary/aromatic N) is 3. The topological polar surface area (TPSA) is 115 Å². The lowest BCUT2D eigenvalue weighted by atomic mass is 10.0. The third-order valence-corrected chi connectivity index (χ3v) is 7.57. The standard InChI is InChI=1S/C17H19F3N2O.C10H16N2O3S/c1-4-6-12-15(5-2)21-10-22-16(12)23-11-7-8-13(14(18)9-11)17(3,19)20;1-4-7(3)9(13)8-6-11-10(12-8)16(14,15)5-2/h7-10H,4-6H2,1-3H3;6-7H,4-5H2,1-3H3,(H,11,12). The molecule has 214 valence electrons. The van der Waals surface area contributed by atoms with Crippen molar-refractivity contribution in [3.63, 3.8) is 0 Å². The number of ether oxygens (including phenoxy) is 1. The molecule has 1 aromatic carbocycles. The van der Waals surface area contributed by atoms with Crippen LogP contribution in [0.1, 0.15) is 81.7 Å². The Labute approximate surface area is 227 Å². The van der Waals surface area contributed by atoms with Crippen LogP contribution >= 0.6 is 0 Å². The number of aromatic amines is 1. The van der Waals surface area contributed by atoms with Gasteiger partial charge in [0.2, 0.25) is 20.9 Å². The zero-order valence-electron chi connectivity index (χ0n) is 23.0. The average Bonchev–Trinajstić information content (AvgIpc) is 3.40. The van der Waals surface area contributed by atoms with E-state index >= 15 is 0 Å². The second-order valence-corrected chi connectivity index (χ2v) is 11.2. The number of carbonyl (C=O) groups excluding carboxylic acids is 1. The normalized spacial score (nSPS) is 12.4. The van der Waals surface area contributed by atoms with Crippen LogP contribution in [0.3, 0.4) is 0 Å². The largest absolute Gasteiger partial charge is 0.439 e. The number of ketones is 1. The monoisotopic (exact) mass is 568 g/mol. The highest BCUT2D eigenvalue weighted by Gasteiger charge is 2.28. The Kier molecular flexibility index (Phi) is 11.2. The number of aryl methyl sites for hydroxylation is 1. The number of alkyl halides is 2. The highest BCUT2D eigenvalue weighted by molar-refractivity contribution is 7.91. The van der Waals surface area contributed by atoms with E-state index in [9.17, 15) is 26.4 Å². The molecule has 0 aliphatic rings. The third-order valence-electron chi connectivity index (χ3n) is 6.01. The van der Waals surface area contributed by atoms with E-state index in [2.05, 4.69) is 19.9 Å². The van der Waals surface area contributed by atoms with Gasteiger partial charge in [0, 0.05) is 24.5 Å². The molecule has 0 spiro atoms. The van der Waals surface area contributed by atoms with Crippen molar-refractivity contribution in [1.82, 2.24) is 19.9 Å². The lowest BCUT2D eigenvalue weighted by molar-refractivity contribution is 0.0137. The fraction of sp³-hybridized carbons (Fsp3) is 0.481. The van der Waals surface area contributed by atoms with Gasteiger partial charge in [0.25, 0.3) is 5.92 Å². The minimum atomic E-state index is -3.36. The molecule has 1 atom stereocenters. The Balaban J connectivity index is 0.000000293. The molecule has 2 aromatic heterocycles. The molecular weight excluding hydrogens is 533 g/mol. The number of benzene rings is 1. The van der Waals surface area contributed by atoms with Gasteiger partial charge in [-0.2, -0.15) is 0 Å². The first-order valence-corrected chi connectivity index (χ1v) is 14.4. The molecule has 3 aromatic rings. The van der Waals surface area contributed by atoms with Gasteiger partial charge in [0.05, 0.1) is 23.2 Å². The molecule has 0 bridgehead atoms. The summed E-state index contributed by atoms with van der Waals surface area (Å²) < 4.78 is 68.9. The molecule has 8 nitrogen and oxygen atoms in total. The van der Waals surface area contributed by atoms with Crippen LogP contribution < -0.4 is 4.74 Å². The molecule has 0 amide bonds. The van der Waals surface area contributed by atoms with Crippen molar-refractivity contribution in [1.29, 1.82) is 0 Å². The Morgan fingerprint density at radius 2 is 1.82 bits per heavy atom. The zero-order valence-corrected chi connectivity index (χ0v) is 23.8. The summed E-state index contributed by atoms with van der Waals surface area (Å²) >= 11 is 0. The van der Waals surface area contributed by atoms with Gasteiger partial charge in [0.1, 0.15) is 23.6 Å². The van der Waals surface area contributed by atoms with Crippen LogP contribution in [0.25, 0.3) is 0 Å². The summed E-state index contributed by atoms with van der Waals surface area (Å²) in [6.07, 6.45) is 5.73. The van der Waals surface area contributed by atoms with E-state index in [1.54, 1.807) is 6.92 Å². The van der Waals surface area contributed by atoms with Gasteiger partial charge in [-0.25, -0.2) is 36.5 Å². The first kappa shape index (κ1) is 31.9. The van der Waals surface area contributed by atoms with E-state index in [1.165, 1.54) is 25.5 Å². The van der Waals surface area contributed by atoms with Gasteiger partial charge >= 0.3 is 0 Å².